The topological polar surface area (TPSA) is 45.2 Å². The molecule has 12 aromatic rings. The first-order valence-electron chi connectivity index (χ1n) is 28.9. The normalized spacial score (nSPS) is 12.6. The van der Waals surface area contributed by atoms with Crippen LogP contribution >= 0.6 is 0 Å². The fraction of sp³-hybridized carbons (Fsp3) is 0.104. The van der Waals surface area contributed by atoms with Crippen LogP contribution in [-0.4, -0.2) is 21.7 Å². The summed E-state index contributed by atoms with van der Waals surface area (Å²) in [6, 6.07) is 97.0. The summed E-state index contributed by atoms with van der Waals surface area (Å²) in [5.41, 5.74) is 24.3. The third kappa shape index (κ3) is 9.60. The molecule has 3 heterocycles. The monoisotopic (exact) mass is 1070 g/mol. The predicted octanol–water partition coefficient (Wildman–Crippen LogP) is 18.2. The molecule has 0 fully saturated rings. The number of nitrogens with zero attached hydrogens (tertiary/aromatic N) is 5. The highest BCUT2D eigenvalue weighted by Gasteiger charge is 2.44. The van der Waals surface area contributed by atoms with Crippen molar-refractivity contribution < 1.29 is 0 Å². The van der Waals surface area contributed by atoms with E-state index in [1.165, 1.54) is 27.5 Å². The van der Waals surface area contributed by atoms with Gasteiger partial charge in [-0.05, 0) is 168 Å². The van der Waals surface area contributed by atoms with E-state index < -0.39 is 0 Å². The van der Waals surface area contributed by atoms with E-state index in [-0.39, 0.29) is 17.5 Å². The van der Waals surface area contributed by atoms with Gasteiger partial charge in [-0.3, -0.25) is 0 Å². The van der Waals surface area contributed by atoms with Gasteiger partial charge in [0.15, 0.2) is 17.5 Å². The lowest BCUT2D eigenvalue weighted by atomic mass is 9.33. The molecule has 398 valence electrons. The second-order valence-electron chi connectivity index (χ2n) is 24.1. The molecule has 5 nitrogen and oxygen atoms in total. The van der Waals surface area contributed by atoms with E-state index in [4.69, 9.17) is 15.0 Å². The van der Waals surface area contributed by atoms with Crippen LogP contribution in [0.25, 0.3) is 78.7 Å². The summed E-state index contributed by atoms with van der Waals surface area (Å²) in [5.74, 6) is 1.73. The van der Waals surface area contributed by atoms with E-state index in [1.54, 1.807) is 0 Å². The van der Waals surface area contributed by atoms with E-state index in [1.807, 2.05) is 0 Å². The lowest BCUT2D eigenvalue weighted by Crippen LogP contribution is -2.61. The first kappa shape index (κ1) is 51.3. The van der Waals surface area contributed by atoms with Crippen molar-refractivity contribution in [2.45, 2.75) is 52.4 Å². The number of rotatable bonds is 9. The Kier molecular flexibility index (Phi) is 12.7. The molecule has 0 unspecified atom stereocenters. The number of anilines is 6. The number of para-hydroxylation sites is 2. The Morgan fingerprint density at radius 2 is 0.542 bits per heavy atom. The van der Waals surface area contributed by atoms with Crippen molar-refractivity contribution in [1.82, 2.24) is 15.0 Å². The van der Waals surface area contributed by atoms with E-state index in [0.717, 1.165) is 95.3 Å². The molecule has 0 amide bonds. The molecule has 83 heavy (non-hydrogen) atoms. The lowest BCUT2D eigenvalue weighted by molar-refractivity contribution is 0.590. The lowest BCUT2D eigenvalue weighted by Gasteiger charge is -2.44. The average molecular weight is 1070 g/mol. The Bertz CT molecular complexity index is 3990. The van der Waals surface area contributed by atoms with Gasteiger partial charge < -0.3 is 9.80 Å². The number of benzene rings is 11. The van der Waals surface area contributed by atoms with Crippen molar-refractivity contribution in [1.29, 1.82) is 0 Å². The van der Waals surface area contributed by atoms with Crippen molar-refractivity contribution in [3.8, 4) is 78.7 Å². The molecule has 0 radical (unpaired) electrons. The van der Waals surface area contributed by atoms with Gasteiger partial charge in [0.05, 0.1) is 0 Å². The van der Waals surface area contributed by atoms with Crippen molar-refractivity contribution in [2.24, 2.45) is 0 Å². The van der Waals surface area contributed by atoms with Crippen LogP contribution in [-0.2, 0) is 10.8 Å². The van der Waals surface area contributed by atoms with Crippen LogP contribution in [0.3, 0.4) is 0 Å². The van der Waals surface area contributed by atoms with Crippen LogP contribution in [0.4, 0.5) is 34.1 Å². The zero-order valence-electron chi connectivity index (χ0n) is 47.7. The average Bonchev–Trinajstić information content (AvgIpc) is 1.41. The van der Waals surface area contributed by atoms with Gasteiger partial charge in [0.2, 0.25) is 0 Å². The van der Waals surface area contributed by atoms with Gasteiger partial charge in [0.1, 0.15) is 0 Å². The van der Waals surface area contributed by atoms with Crippen molar-refractivity contribution in [3.05, 3.63) is 278 Å². The van der Waals surface area contributed by atoms with Crippen molar-refractivity contribution in [3.63, 3.8) is 0 Å². The minimum Gasteiger partial charge on any atom is -0.311 e. The predicted molar refractivity (Wildman–Crippen MR) is 349 cm³/mol. The van der Waals surface area contributed by atoms with Gasteiger partial charge in [-0.25, -0.2) is 15.0 Å². The first-order valence-corrected chi connectivity index (χ1v) is 28.9. The minimum atomic E-state index is -0.0598. The minimum absolute atomic E-state index is 0.0195. The molecule has 0 N–H and O–H groups in total. The Morgan fingerprint density at radius 3 is 0.855 bits per heavy atom. The highest BCUT2D eigenvalue weighted by atomic mass is 15.2. The Hall–Kier alpha value is -9.91. The smallest absolute Gasteiger partial charge is 0.252 e. The summed E-state index contributed by atoms with van der Waals surface area (Å²) in [4.78, 5) is 21.9. The third-order valence-corrected chi connectivity index (χ3v) is 16.6. The molecule has 1 aromatic heterocycles. The molecular formula is C77H62BN5. The van der Waals surface area contributed by atoms with Gasteiger partial charge in [0, 0.05) is 50.8 Å². The number of hydrogen-bond donors (Lipinski definition) is 0. The van der Waals surface area contributed by atoms with Crippen LogP contribution in [0.1, 0.15) is 52.7 Å². The molecular weight excluding hydrogens is 1010 g/mol. The van der Waals surface area contributed by atoms with E-state index in [9.17, 15) is 0 Å². The zero-order valence-corrected chi connectivity index (χ0v) is 47.7. The second-order valence-corrected chi connectivity index (χ2v) is 24.1. The maximum absolute atomic E-state index is 5.69. The summed E-state index contributed by atoms with van der Waals surface area (Å²) in [6.45, 7) is 13.6. The largest absolute Gasteiger partial charge is 0.311 e. The molecule has 0 atom stereocenters. The molecule has 0 bridgehead atoms. The molecule has 14 rings (SSSR count). The summed E-state index contributed by atoms with van der Waals surface area (Å²) in [5, 5.41) is 0. The molecule has 6 heteroatoms. The maximum Gasteiger partial charge on any atom is 0.252 e. The summed E-state index contributed by atoms with van der Waals surface area (Å²) in [6.07, 6.45) is 0. The number of fused-ring (bicyclic) bond motifs is 4. The fourth-order valence-corrected chi connectivity index (χ4v) is 12.3. The number of hydrogen-bond acceptors (Lipinski definition) is 5. The van der Waals surface area contributed by atoms with Crippen LogP contribution < -0.4 is 26.2 Å². The van der Waals surface area contributed by atoms with Gasteiger partial charge in [-0.1, -0.05) is 224 Å². The third-order valence-electron chi connectivity index (χ3n) is 16.6. The zero-order chi connectivity index (χ0) is 56.4. The van der Waals surface area contributed by atoms with Crippen LogP contribution in [0, 0.1) is 0 Å². The SMILES string of the molecule is CC(C)(C)c1ccc(N2c3ccccc3B3c4ccccc4N(c4ccc(C(C)(C)C)cc4)c4cc(-c5nc(-c6cc(-c7ccccc7)cc(-c7ccccc7)c6)nc(-c6cc(-c7ccccc7)cc(-c7ccccc7)c6)n5)cc2c43)cc1. The van der Waals surface area contributed by atoms with Gasteiger partial charge >= 0.3 is 0 Å². The van der Waals surface area contributed by atoms with E-state index >= 15 is 0 Å². The molecule has 0 saturated heterocycles. The van der Waals surface area contributed by atoms with Gasteiger partial charge in [-0.2, -0.15) is 0 Å². The van der Waals surface area contributed by atoms with Crippen molar-refractivity contribution >= 4 is 57.2 Å². The van der Waals surface area contributed by atoms with E-state index in [0.29, 0.717) is 17.5 Å². The Labute approximate surface area is 488 Å². The Morgan fingerprint density at radius 1 is 0.265 bits per heavy atom. The summed E-state index contributed by atoms with van der Waals surface area (Å²) < 4.78 is 0. The molecule has 2 aliphatic rings. The standard InChI is InChI=1S/C77H62BN5/c1-76(2,3)62-35-39-64(40-36-62)82-68-33-21-19-31-66(68)78-67-32-20-22-34-69(67)83(65-41-37-63(38-42-65)77(4,5)6)71-50-61(49-70(82)72(71)78)75-80-73(59-45-55(51-23-11-7-12-24-51)43-56(46-59)52-25-13-8-14-26-52)79-74(81-75)60-47-57(53-27-15-9-16-28-53)44-58(48-60)54-29-17-10-18-30-54/h7-50H,1-6H3. The summed E-state index contributed by atoms with van der Waals surface area (Å²) in [7, 11) is 0. The molecule has 0 spiro atoms. The quantitative estimate of drug-likeness (QED) is 0.135. The molecule has 2 aliphatic heterocycles. The Balaban J connectivity index is 1.07. The molecule has 0 saturated carbocycles. The highest BCUT2D eigenvalue weighted by Crippen LogP contribution is 2.47. The van der Waals surface area contributed by atoms with Crippen LogP contribution in [0.2, 0.25) is 0 Å². The second kappa shape index (κ2) is 20.6. The first-order chi connectivity index (χ1) is 40.4. The maximum atomic E-state index is 5.69. The number of aromatic nitrogens is 3. The van der Waals surface area contributed by atoms with Gasteiger partial charge in [-0.15, -0.1) is 0 Å². The van der Waals surface area contributed by atoms with Crippen molar-refractivity contribution in [2.75, 3.05) is 9.80 Å². The molecule has 0 aliphatic carbocycles. The van der Waals surface area contributed by atoms with Crippen LogP contribution in [0.5, 0.6) is 0 Å². The van der Waals surface area contributed by atoms with Crippen LogP contribution in [0.15, 0.2) is 267 Å². The van der Waals surface area contributed by atoms with Gasteiger partial charge in [0.25, 0.3) is 6.71 Å². The summed E-state index contributed by atoms with van der Waals surface area (Å²) >= 11 is 0. The van der Waals surface area contributed by atoms with E-state index in [2.05, 4.69) is 318 Å². The fourth-order valence-electron chi connectivity index (χ4n) is 12.3. The highest BCUT2D eigenvalue weighted by molar-refractivity contribution is 7.00. The molecule has 11 aromatic carbocycles.